The highest BCUT2D eigenvalue weighted by Crippen LogP contribution is 1.49. The molecule has 0 rings (SSSR count). The molecule has 1 heteroatoms. The van der Waals surface area contributed by atoms with E-state index in [2.05, 4.69) is 0 Å². The number of allylic oxidation sites excluding steroid dienone is 1. The Balaban J connectivity index is 2.55. The van der Waals surface area contributed by atoms with Crippen molar-refractivity contribution in [2.24, 2.45) is 0 Å². The summed E-state index contributed by atoms with van der Waals surface area (Å²) in [5.74, 6) is 0. The third-order valence-electron chi connectivity index (χ3n) is 0.129. The third kappa shape index (κ3) is 1.54. The molecule has 0 saturated carbocycles. The van der Waals surface area contributed by atoms with Gasteiger partial charge in [-0.05, 0) is 13.0 Å². The van der Waals surface area contributed by atoms with Gasteiger partial charge in [-0.3, -0.25) is 0 Å². The van der Waals surface area contributed by atoms with E-state index in [1.165, 1.54) is 6.08 Å². The number of aliphatic hydroxyl groups excluding tert-OH is 1. The fraction of sp³-hybridized carbons (Fsp3) is 0.333. The third-order valence-corrected chi connectivity index (χ3v) is 0.129. The van der Waals surface area contributed by atoms with Crippen LogP contribution in [0.1, 0.15) is 6.92 Å². The van der Waals surface area contributed by atoms with Crippen molar-refractivity contribution in [2.75, 3.05) is 0 Å². The average molecular weight is 57.1 g/mol. The summed E-state index contributed by atoms with van der Waals surface area (Å²) >= 11 is 0. The summed E-state index contributed by atoms with van der Waals surface area (Å²) < 4.78 is 0. The maximum atomic E-state index is 7.57. The predicted octanol–water partition coefficient (Wildman–Crippen LogP) is 0.881. The van der Waals surface area contributed by atoms with Gasteiger partial charge in [0, 0.05) is 0 Å². The highest BCUT2D eigenvalue weighted by atomic mass is 16.2. The Kier molecular flexibility index (Phi) is 2.25. The molecule has 0 aliphatic heterocycles. The molecule has 0 bridgehead atoms. The van der Waals surface area contributed by atoms with Gasteiger partial charge in [-0.2, -0.15) is 0 Å². The Morgan fingerprint density at radius 1 is 2.00 bits per heavy atom. The Bertz CT molecular complexity index is 18.5. The average Bonchev–Trinajstić information content (AvgIpc) is 1.37. The van der Waals surface area contributed by atoms with E-state index in [0.717, 1.165) is 0 Å². The molecule has 0 amide bonds. The molecule has 0 aliphatic carbocycles. The molecule has 4 heavy (non-hydrogen) atoms. The molecule has 1 nitrogen and oxygen atoms in total. The van der Waals surface area contributed by atoms with Gasteiger partial charge in [0.25, 0.3) is 0 Å². The number of rotatable bonds is 0. The van der Waals surface area contributed by atoms with Crippen LogP contribution in [0.25, 0.3) is 0 Å². The molecule has 0 aromatic carbocycles. The Morgan fingerprint density at radius 3 is 2.25 bits per heavy atom. The van der Waals surface area contributed by atoms with E-state index in [0.29, 0.717) is 0 Å². The molecule has 0 heterocycles. The van der Waals surface area contributed by atoms with Crippen LogP contribution in [0.2, 0.25) is 0 Å². The SMILES string of the molecule is C/C=[C]\O. The van der Waals surface area contributed by atoms with Crippen LogP contribution < -0.4 is 0 Å². The van der Waals surface area contributed by atoms with Gasteiger partial charge < -0.3 is 5.11 Å². The largest absolute Gasteiger partial charge is 0.504 e. The molecule has 0 aromatic rings. The van der Waals surface area contributed by atoms with Crippen LogP contribution in [0.4, 0.5) is 0 Å². The Morgan fingerprint density at radius 2 is 2.25 bits per heavy atom. The van der Waals surface area contributed by atoms with E-state index in [1.54, 1.807) is 13.2 Å². The van der Waals surface area contributed by atoms with E-state index in [9.17, 15) is 0 Å². The fourth-order valence-corrected chi connectivity index (χ4v) is 0. The van der Waals surface area contributed by atoms with Crippen molar-refractivity contribution in [3.8, 4) is 0 Å². The minimum Gasteiger partial charge on any atom is -0.504 e. The first-order valence-corrected chi connectivity index (χ1v) is 1.09. The minimum atomic E-state index is 1.43. The molecule has 0 saturated heterocycles. The normalized spacial score (nSPS) is 9.25. The summed E-state index contributed by atoms with van der Waals surface area (Å²) in [4.78, 5) is 0. The summed E-state index contributed by atoms with van der Waals surface area (Å²) in [6.45, 7) is 1.69. The van der Waals surface area contributed by atoms with Crippen molar-refractivity contribution in [3.05, 3.63) is 12.3 Å². The zero-order valence-electron chi connectivity index (χ0n) is 2.52. The number of aliphatic hydroxyl groups is 1. The van der Waals surface area contributed by atoms with Crippen molar-refractivity contribution >= 4 is 0 Å². The molecular weight excluding hydrogens is 52.0 g/mol. The van der Waals surface area contributed by atoms with Gasteiger partial charge in [-0.1, -0.05) is 0 Å². The summed E-state index contributed by atoms with van der Waals surface area (Å²) in [6, 6.07) is 0. The molecule has 23 valence electrons. The lowest BCUT2D eigenvalue weighted by molar-refractivity contribution is 0.441. The lowest BCUT2D eigenvalue weighted by Crippen LogP contribution is -1.39. The molecular formula is C3H5O. The van der Waals surface area contributed by atoms with E-state index < -0.39 is 0 Å². The van der Waals surface area contributed by atoms with Crippen LogP contribution >= 0.6 is 0 Å². The van der Waals surface area contributed by atoms with E-state index in [1.807, 2.05) is 0 Å². The first-order valence-electron chi connectivity index (χ1n) is 1.09. The molecule has 0 atom stereocenters. The van der Waals surface area contributed by atoms with Gasteiger partial charge in [-0.25, -0.2) is 0 Å². The minimum absolute atomic E-state index is 1.43. The maximum absolute atomic E-state index is 7.57. The molecule has 0 spiro atoms. The zero-order valence-corrected chi connectivity index (χ0v) is 2.52. The van der Waals surface area contributed by atoms with Crippen LogP contribution in [0.5, 0.6) is 0 Å². The second-order valence-corrected chi connectivity index (χ2v) is 0.418. The monoisotopic (exact) mass is 57.0 g/mol. The molecule has 0 fully saturated rings. The van der Waals surface area contributed by atoms with E-state index in [-0.39, 0.29) is 0 Å². The van der Waals surface area contributed by atoms with Crippen LogP contribution in [-0.2, 0) is 0 Å². The lowest BCUT2D eigenvalue weighted by atomic mass is 10.8. The Labute approximate surface area is 25.6 Å². The summed E-state index contributed by atoms with van der Waals surface area (Å²) in [6.07, 6.45) is 3.24. The zero-order chi connectivity index (χ0) is 3.41. The van der Waals surface area contributed by atoms with Gasteiger partial charge in [0.2, 0.25) is 0 Å². The summed E-state index contributed by atoms with van der Waals surface area (Å²) in [5, 5.41) is 7.57. The lowest BCUT2D eigenvalue weighted by Gasteiger charge is -1.50. The Hall–Kier alpha value is -0.460. The summed E-state index contributed by atoms with van der Waals surface area (Å²) in [5.41, 5.74) is 0. The number of hydrogen-bond acceptors (Lipinski definition) is 1. The second kappa shape index (κ2) is 2.54. The highest BCUT2D eigenvalue weighted by molar-refractivity contribution is 4.51. The molecule has 1 radical (unpaired) electrons. The van der Waals surface area contributed by atoms with Crippen molar-refractivity contribution in [2.45, 2.75) is 6.92 Å². The van der Waals surface area contributed by atoms with Crippen LogP contribution in [0.15, 0.2) is 6.08 Å². The molecule has 0 unspecified atom stereocenters. The maximum Gasteiger partial charge on any atom is 0.152 e. The van der Waals surface area contributed by atoms with Crippen LogP contribution in [0.3, 0.4) is 0 Å². The first-order chi connectivity index (χ1) is 1.91. The number of hydrogen-bond donors (Lipinski definition) is 1. The first kappa shape index (κ1) is 3.54. The highest BCUT2D eigenvalue weighted by Gasteiger charge is 1.38. The molecule has 1 N–H and O–H groups in total. The van der Waals surface area contributed by atoms with Gasteiger partial charge in [-0.15, -0.1) is 0 Å². The van der Waals surface area contributed by atoms with Crippen molar-refractivity contribution in [1.29, 1.82) is 0 Å². The van der Waals surface area contributed by atoms with Gasteiger partial charge in [0.15, 0.2) is 6.26 Å². The van der Waals surface area contributed by atoms with Crippen molar-refractivity contribution < 1.29 is 5.11 Å². The van der Waals surface area contributed by atoms with E-state index in [4.69, 9.17) is 5.11 Å². The molecule has 0 aromatic heterocycles. The smallest absolute Gasteiger partial charge is 0.152 e. The summed E-state index contributed by atoms with van der Waals surface area (Å²) in [7, 11) is 0. The van der Waals surface area contributed by atoms with Crippen molar-refractivity contribution in [3.63, 3.8) is 0 Å². The van der Waals surface area contributed by atoms with Crippen LogP contribution in [-0.4, -0.2) is 5.11 Å². The van der Waals surface area contributed by atoms with Gasteiger partial charge in [0.05, 0.1) is 0 Å². The quantitative estimate of drug-likeness (QED) is 0.409. The van der Waals surface area contributed by atoms with Crippen LogP contribution in [0, 0.1) is 6.26 Å². The van der Waals surface area contributed by atoms with Gasteiger partial charge in [0.1, 0.15) is 0 Å². The standard InChI is InChI=1S/C3H5O/c1-2-3-4/h2,4H,1H3. The second-order valence-electron chi connectivity index (χ2n) is 0.418. The van der Waals surface area contributed by atoms with E-state index >= 15 is 0 Å². The predicted molar refractivity (Wildman–Crippen MR) is 16.1 cm³/mol. The fourth-order valence-electron chi connectivity index (χ4n) is 0. The van der Waals surface area contributed by atoms with Gasteiger partial charge >= 0.3 is 0 Å². The molecule has 0 aliphatic rings. The topological polar surface area (TPSA) is 20.2 Å². The van der Waals surface area contributed by atoms with Crippen molar-refractivity contribution in [1.82, 2.24) is 0 Å².